The van der Waals surface area contributed by atoms with Crippen molar-refractivity contribution in [3.05, 3.63) is 29.3 Å². The van der Waals surface area contributed by atoms with Gasteiger partial charge in [-0.1, -0.05) is 12.1 Å². The van der Waals surface area contributed by atoms with Crippen LogP contribution in [0, 0.1) is 6.92 Å². The number of rotatable bonds is 3. The van der Waals surface area contributed by atoms with E-state index in [9.17, 15) is 0 Å². The highest BCUT2D eigenvalue weighted by atomic mass is 15.2. The molecule has 1 N–H and O–H groups in total. The first-order valence-corrected chi connectivity index (χ1v) is 6.38. The van der Waals surface area contributed by atoms with Crippen molar-refractivity contribution in [2.75, 3.05) is 45.2 Å². The van der Waals surface area contributed by atoms with Crippen LogP contribution in [-0.4, -0.2) is 45.2 Å². The summed E-state index contributed by atoms with van der Waals surface area (Å²) in [7, 11) is 4.19. The van der Waals surface area contributed by atoms with Gasteiger partial charge in [-0.3, -0.25) is 0 Å². The van der Waals surface area contributed by atoms with Crippen molar-refractivity contribution >= 4 is 5.69 Å². The molecule has 3 heteroatoms. The van der Waals surface area contributed by atoms with Gasteiger partial charge in [0, 0.05) is 38.4 Å². The summed E-state index contributed by atoms with van der Waals surface area (Å²) in [6.45, 7) is 7.75. The third kappa shape index (κ3) is 2.99. The van der Waals surface area contributed by atoms with Gasteiger partial charge < -0.3 is 15.1 Å². The molecule has 3 nitrogen and oxygen atoms in total. The molecule has 0 aliphatic carbocycles. The highest BCUT2D eigenvalue weighted by molar-refractivity contribution is 5.55. The number of benzene rings is 1. The van der Waals surface area contributed by atoms with Crippen molar-refractivity contribution in [1.29, 1.82) is 0 Å². The van der Waals surface area contributed by atoms with Gasteiger partial charge >= 0.3 is 0 Å². The zero-order valence-corrected chi connectivity index (χ0v) is 11.2. The Bertz CT molecular complexity index is 368. The zero-order chi connectivity index (χ0) is 12.3. The maximum Gasteiger partial charge on any atom is 0.0400 e. The largest absolute Gasteiger partial charge is 0.369 e. The molecule has 1 aromatic carbocycles. The first-order chi connectivity index (χ1) is 8.20. The smallest absolute Gasteiger partial charge is 0.0400 e. The normalized spacial score (nSPS) is 17.5. The molecule has 1 aliphatic rings. The van der Waals surface area contributed by atoms with Crippen LogP contribution in [0.15, 0.2) is 18.2 Å². The predicted molar refractivity (Wildman–Crippen MR) is 73.7 cm³/mol. The van der Waals surface area contributed by atoms with E-state index in [0.717, 1.165) is 32.7 Å². The molecular formula is C14H23N3. The predicted octanol–water partition coefficient (Wildman–Crippen LogP) is 1.47. The van der Waals surface area contributed by atoms with Crippen molar-refractivity contribution in [1.82, 2.24) is 10.2 Å². The molecule has 1 aliphatic heterocycles. The molecular weight excluding hydrogens is 210 g/mol. The molecule has 0 amide bonds. The van der Waals surface area contributed by atoms with Crippen LogP contribution < -0.4 is 10.2 Å². The molecule has 1 heterocycles. The van der Waals surface area contributed by atoms with Gasteiger partial charge in [-0.05, 0) is 38.2 Å². The van der Waals surface area contributed by atoms with E-state index in [4.69, 9.17) is 0 Å². The maximum atomic E-state index is 3.21. The standard InChI is InChI=1S/C14H23N3/c1-12-4-5-13(11-15-2)10-14(12)17-8-6-16(3)7-9-17/h4-5,10,15H,6-9,11H2,1-3H3. The first-order valence-electron chi connectivity index (χ1n) is 6.38. The Kier molecular flexibility index (Phi) is 4.02. The molecule has 0 unspecified atom stereocenters. The highest BCUT2D eigenvalue weighted by Gasteiger charge is 2.15. The average Bonchev–Trinajstić information content (AvgIpc) is 2.33. The van der Waals surface area contributed by atoms with Crippen LogP contribution in [-0.2, 0) is 6.54 Å². The minimum atomic E-state index is 0.945. The van der Waals surface area contributed by atoms with Gasteiger partial charge in [-0.15, -0.1) is 0 Å². The maximum absolute atomic E-state index is 3.21. The van der Waals surface area contributed by atoms with Gasteiger partial charge in [0.15, 0.2) is 0 Å². The van der Waals surface area contributed by atoms with Gasteiger partial charge in [0.2, 0.25) is 0 Å². The Morgan fingerprint density at radius 3 is 2.53 bits per heavy atom. The van der Waals surface area contributed by atoms with Crippen molar-refractivity contribution < 1.29 is 0 Å². The lowest BCUT2D eigenvalue weighted by atomic mass is 10.1. The molecule has 1 aromatic rings. The van der Waals surface area contributed by atoms with Gasteiger partial charge in [0.1, 0.15) is 0 Å². The van der Waals surface area contributed by atoms with E-state index in [-0.39, 0.29) is 0 Å². The molecule has 0 atom stereocenters. The first kappa shape index (κ1) is 12.4. The summed E-state index contributed by atoms with van der Waals surface area (Å²) in [5, 5.41) is 3.21. The van der Waals surface area contributed by atoms with Crippen LogP contribution in [0.25, 0.3) is 0 Å². The molecule has 0 aromatic heterocycles. The Morgan fingerprint density at radius 1 is 1.18 bits per heavy atom. The van der Waals surface area contributed by atoms with E-state index >= 15 is 0 Å². The summed E-state index contributed by atoms with van der Waals surface area (Å²) < 4.78 is 0. The lowest BCUT2D eigenvalue weighted by Crippen LogP contribution is -2.44. The summed E-state index contributed by atoms with van der Waals surface area (Å²) in [5.74, 6) is 0. The van der Waals surface area contributed by atoms with Crippen LogP contribution in [0.5, 0.6) is 0 Å². The molecule has 0 spiro atoms. The summed E-state index contributed by atoms with van der Waals surface area (Å²) in [6, 6.07) is 6.78. The second-order valence-corrected chi connectivity index (χ2v) is 4.94. The third-order valence-corrected chi connectivity index (χ3v) is 3.50. The molecule has 94 valence electrons. The molecule has 1 saturated heterocycles. The minimum absolute atomic E-state index is 0.945. The number of aryl methyl sites for hydroxylation is 1. The van der Waals surface area contributed by atoms with Crippen LogP contribution in [0.1, 0.15) is 11.1 Å². The fraction of sp³-hybridized carbons (Fsp3) is 0.571. The van der Waals surface area contributed by atoms with Crippen LogP contribution in [0.4, 0.5) is 5.69 Å². The number of nitrogens with one attached hydrogen (secondary N) is 1. The number of nitrogens with zero attached hydrogens (tertiary/aromatic N) is 2. The Labute approximate surface area is 104 Å². The Morgan fingerprint density at radius 2 is 1.88 bits per heavy atom. The Balaban J connectivity index is 2.15. The molecule has 1 fully saturated rings. The monoisotopic (exact) mass is 233 g/mol. The lowest BCUT2D eigenvalue weighted by Gasteiger charge is -2.35. The molecule has 0 saturated carbocycles. The van der Waals surface area contributed by atoms with E-state index < -0.39 is 0 Å². The summed E-state index contributed by atoms with van der Waals surface area (Å²) in [5.41, 5.74) is 4.16. The highest BCUT2D eigenvalue weighted by Crippen LogP contribution is 2.22. The SMILES string of the molecule is CNCc1ccc(C)c(N2CCN(C)CC2)c1. The fourth-order valence-electron chi connectivity index (χ4n) is 2.36. The van der Waals surface area contributed by atoms with E-state index in [1.54, 1.807) is 0 Å². The summed E-state index contributed by atoms with van der Waals surface area (Å²) in [6.07, 6.45) is 0. The lowest BCUT2D eigenvalue weighted by molar-refractivity contribution is 0.312. The second kappa shape index (κ2) is 5.52. The number of likely N-dealkylation sites (N-methyl/N-ethyl adjacent to an activating group) is 1. The van der Waals surface area contributed by atoms with E-state index in [0.29, 0.717) is 0 Å². The minimum Gasteiger partial charge on any atom is -0.369 e. The average molecular weight is 233 g/mol. The van der Waals surface area contributed by atoms with Crippen LogP contribution in [0.2, 0.25) is 0 Å². The van der Waals surface area contributed by atoms with Gasteiger partial charge in [0.05, 0.1) is 0 Å². The number of piperazine rings is 1. The van der Waals surface area contributed by atoms with Crippen molar-refractivity contribution in [2.45, 2.75) is 13.5 Å². The van der Waals surface area contributed by atoms with Gasteiger partial charge in [-0.25, -0.2) is 0 Å². The molecule has 0 radical (unpaired) electrons. The van der Waals surface area contributed by atoms with E-state index in [1.165, 1.54) is 16.8 Å². The third-order valence-electron chi connectivity index (χ3n) is 3.50. The number of hydrogen-bond donors (Lipinski definition) is 1. The number of hydrogen-bond acceptors (Lipinski definition) is 3. The van der Waals surface area contributed by atoms with Crippen LogP contribution in [0.3, 0.4) is 0 Å². The molecule has 2 rings (SSSR count). The molecule has 0 bridgehead atoms. The number of anilines is 1. The summed E-state index contributed by atoms with van der Waals surface area (Å²) in [4.78, 5) is 4.90. The zero-order valence-electron chi connectivity index (χ0n) is 11.2. The summed E-state index contributed by atoms with van der Waals surface area (Å²) >= 11 is 0. The molecule has 17 heavy (non-hydrogen) atoms. The van der Waals surface area contributed by atoms with Crippen molar-refractivity contribution in [3.63, 3.8) is 0 Å². The van der Waals surface area contributed by atoms with E-state index in [2.05, 4.69) is 47.3 Å². The quantitative estimate of drug-likeness (QED) is 0.853. The van der Waals surface area contributed by atoms with Crippen LogP contribution >= 0.6 is 0 Å². The van der Waals surface area contributed by atoms with Gasteiger partial charge in [0.25, 0.3) is 0 Å². The van der Waals surface area contributed by atoms with Crippen molar-refractivity contribution in [2.24, 2.45) is 0 Å². The fourth-order valence-corrected chi connectivity index (χ4v) is 2.36. The Hall–Kier alpha value is -1.06. The second-order valence-electron chi connectivity index (χ2n) is 4.94. The van der Waals surface area contributed by atoms with Crippen molar-refractivity contribution in [3.8, 4) is 0 Å². The van der Waals surface area contributed by atoms with E-state index in [1.807, 2.05) is 7.05 Å². The van der Waals surface area contributed by atoms with Gasteiger partial charge in [-0.2, -0.15) is 0 Å². The topological polar surface area (TPSA) is 18.5 Å².